The average molecular weight is 434 g/mol. The molecule has 0 aromatic heterocycles. The Morgan fingerprint density at radius 1 is 0.719 bits per heavy atom. The first-order valence-corrected chi connectivity index (χ1v) is 11.4. The lowest BCUT2D eigenvalue weighted by atomic mass is 9.87. The van der Waals surface area contributed by atoms with E-state index >= 15 is 0 Å². The van der Waals surface area contributed by atoms with E-state index in [4.69, 9.17) is 16.5 Å². The van der Waals surface area contributed by atoms with Crippen LogP contribution in [0.1, 0.15) is 32.1 Å². The minimum absolute atomic E-state index is 0.281. The van der Waals surface area contributed by atoms with Gasteiger partial charge in [-0.25, -0.2) is 4.99 Å². The summed E-state index contributed by atoms with van der Waals surface area (Å²) in [5, 5.41) is 9.51. The van der Waals surface area contributed by atoms with E-state index in [0.29, 0.717) is 11.7 Å². The largest absolute Gasteiger partial charge is 0.508 e. The number of hydrogen-bond acceptors (Lipinski definition) is 8. The fourth-order valence-corrected chi connectivity index (χ4v) is 5.19. The maximum atomic E-state index is 9.51. The first-order valence-electron chi connectivity index (χ1n) is 11.4. The number of anilines is 3. The van der Waals surface area contributed by atoms with Gasteiger partial charge < -0.3 is 26.4 Å². The standard InChI is InChI=1S/C24H31N7O/c25-22-27-23(26)31(24(28-22)12-2-1-3-13-24)20-6-4-18(5-7-20)29-14-16-30(17-15-29)19-8-10-21(32)11-9-19/h4-11,32H,1-3,12-17H2,(H4,25,26,27,28). The average Bonchev–Trinajstić information content (AvgIpc) is 2.80. The number of aromatic hydroxyl groups is 1. The fraction of sp³-hybridized carbons (Fsp3) is 0.417. The van der Waals surface area contributed by atoms with Crippen LogP contribution in [0.25, 0.3) is 0 Å². The zero-order valence-electron chi connectivity index (χ0n) is 18.3. The van der Waals surface area contributed by atoms with Crippen LogP contribution in [0.5, 0.6) is 5.75 Å². The lowest BCUT2D eigenvalue weighted by molar-refractivity contribution is 0.305. The maximum Gasteiger partial charge on any atom is 0.220 e. The van der Waals surface area contributed by atoms with Crippen LogP contribution in [-0.4, -0.2) is 48.9 Å². The molecule has 0 atom stereocenters. The summed E-state index contributed by atoms with van der Waals surface area (Å²) in [5.41, 5.74) is 15.3. The highest BCUT2D eigenvalue weighted by atomic mass is 16.3. The molecular weight excluding hydrogens is 402 g/mol. The molecule has 1 aliphatic carbocycles. The van der Waals surface area contributed by atoms with Crippen molar-refractivity contribution in [3.63, 3.8) is 0 Å². The molecule has 1 spiro atoms. The molecule has 2 aromatic carbocycles. The van der Waals surface area contributed by atoms with Crippen LogP contribution >= 0.6 is 0 Å². The zero-order chi connectivity index (χ0) is 22.1. The van der Waals surface area contributed by atoms with E-state index in [9.17, 15) is 5.11 Å². The molecule has 5 N–H and O–H groups in total. The Bertz CT molecular complexity index is 1000. The van der Waals surface area contributed by atoms with Gasteiger partial charge in [-0.05, 0) is 74.2 Å². The summed E-state index contributed by atoms with van der Waals surface area (Å²) in [7, 11) is 0. The van der Waals surface area contributed by atoms with E-state index in [0.717, 1.165) is 63.2 Å². The lowest BCUT2D eigenvalue weighted by Crippen LogP contribution is -2.58. The van der Waals surface area contributed by atoms with E-state index in [1.807, 2.05) is 12.1 Å². The van der Waals surface area contributed by atoms with Crippen LogP contribution in [0.15, 0.2) is 58.5 Å². The second-order valence-corrected chi connectivity index (χ2v) is 8.83. The molecule has 2 heterocycles. The smallest absolute Gasteiger partial charge is 0.220 e. The van der Waals surface area contributed by atoms with E-state index in [1.54, 1.807) is 12.1 Å². The van der Waals surface area contributed by atoms with E-state index in [1.165, 1.54) is 12.1 Å². The van der Waals surface area contributed by atoms with Gasteiger partial charge in [-0.1, -0.05) is 6.42 Å². The molecule has 1 saturated heterocycles. The molecule has 32 heavy (non-hydrogen) atoms. The van der Waals surface area contributed by atoms with Gasteiger partial charge in [0.05, 0.1) is 0 Å². The van der Waals surface area contributed by atoms with Crippen LogP contribution in [-0.2, 0) is 0 Å². The minimum Gasteiger partial charge on any atom is -0.508 e. The summed E-state index contributed by atoms with van der Waals surface area (Å²) >= 11 is 0. The van der Waals surface area contributed by atoms with Crippen LogP contribution in [0.3, 0.4) is 0 Å². The maximum absolute atomic E-state index is 9.51. The predicted octanol–water partition coefficient (Wildman–Crippen LogP) is 2.83. The van der Waals surface area contributed by atoms with Gasteiger partial charge in [-0.15, -0.1) is 0 Å². The molecule has 1 saturated carbocycles. The topological polar surface area (TPSA) is 107 Å². The van der Waals surface area contributed by atoms with Gasteiger partial charge in [0, 0.05) is 43.2 Å². The number of rotatable bonds is 3. The zero-order valence-corrected chi connectivity index (χ0v) is 18.3. The van der Waals surface area contributed by atoms with E-state index in [2.05, 4.69) is 44.0 Å². The van der Waals surface area contributed by atoms with Gasteiger partial charge in [0.2, 0.25) is 11.9 Å². The Hall–Kier alpha value is -3.42. The van der Waals surface area contributed by atoms with E-state index < -0.39 is 5.66 Å². The Labute approximate surface area is 188 Å². The third kappa shape index (κ3) is 3.81. The summed E-state index contributed by atoms with van der Waals surface area (Å²) < 4.78 is 0. The third-order valence-electron chi connectivity index (χ3n) is 6.82. The first kappa shape index (κ1) is 20.5. The molecule has 168 valence electrons. The molecule has 0 radical (unpaired) electrons. The van der Waals surface area contributed by atoms with Crippen LogP contribution < -0.4 is 26.2 Å². The fourth-order valence-electron chi connectivity index (χ4n) is 5.19. The highest BCUT2D eigenvalue weighted by Gasteiger charge is 2.42. The van der Waals surface area contributed by atoms with Crippen molar-refractivity contribution < 1.29 is 5.11 Å². The van der Waals surface area contributed by atoms with Gasteiger partial charge in [0.1, 0.15) is 11.4 Å². The van der Waals surface area contributed by atoms with Crippen LogP contribution in [0.4, 0.5) is 17.1 Å². The second kappa shape index (κ2) is 8.26. The van der Waals surface area contributed by atoms with Crippen molar-refractivity contribution in [2.75, 3.05) is 40.9 Å². The van der Waals surface area contributed by atoms with Gasteiger partial charge in [-0.2, -0.15) is 4.99 Å². The van der Waals surface area contributed by atoms with Crippen molar-refractivity contribution in [1.29, 1.82) is 0 Å². The first-order chi connectivity index (χ1) is 15.5. The quantitative estimate of drug-likeness (QED) is 0.687. The van der Waals surface area contributed by atoms with Crippen LogP contribution in [0, 0.1) is 0 Å². The molecule has 2 aliphatic heterocycles. The number of benzene rings is 2. The van der Waals surface area contributed by atoms with Crippen molar-refractivity contribution in [3.8, 4) is 5.75 Å². The number of hydrogen-bond donors (Lipinski definition) is 3. The van der Waals surface area contributed by atoms with Gasteiger partial charge in [0.25, 0.3) is 0 Å². The highest BCUT2D eigenvalue weighted by molar-refractivity contribution is 6.05. The van der Waals surface area contributed by atoms with Crippen molar-refractivity contribution >= 4 is 29.0 Å². The Morgan fingerprint density at radius 3 is 1.78 bits per heavy atom. The third-order valence-corrected chi connectivity index (χ3v) is 6.82. The monoisotopic (exact) mass is 433 g/mol. The predicted molar refractivity (Wildman–Crippen MR) is 131 cm³/mol. The highest BCUT2D eigenvalue weighted by Crippen LogP contribution is 2.39. The van der Waals surface area contributed by atoms with Crippen molar-refractivity contribution in [1.82, 2.24) is 0 Å². The summed E-state index contributed by atoms with van der Waals surface area (Å²) in [6.45, 7) is 3.77. The number of aliphatic imine (C=N–C) groups is 2. The summed E-state index contributed by atoms with van der Waals surface area (Å²) in [6, 6.07) is 16.0. The number of nitrogens with two attached hydrogens (primary N) is 2. The molecule has 0 bridgehead atoms. The van der Waals surface area contributed by atoms with Crippen LogP contribution in [0.2, 0.25) is 0 Å². The molecule has 8 nitrogen and oxygen atoms in total. The SMILES string of the molecule is NC1=NC2(CCCCC2)N(c2ccc(N3CCN(c4ccc(O)cc4)CC3)cc2)C(N)=N1. The van der Waals surface area contributed by atoms with Gasteiger partial charge in [-0.3, -0.25) is 4.90 Å². The Morgan fingerprint density at radius 2 is 1.22 bits per heavy atom. The Balaban J connectivity index is 1.30. The normalized spacial score (nSPS) is 20.8. The molecule has 8 heteroatoms. The minimum atomic E-state index is -0.411. The van der Waals surface area contributed by atoms with Gasteiger partial charge >= 0.3 is 0 Å². The van der Waals surface area contributed by atoms with Crippen molar-refractivity contribution in [2.45, 2.75) is 37.8 Å². The number of phenolic OH excluding ortho intramolecular Hbond substituents is 1. The molecule has 0 unspecified atom stereocenters. The van der Waals surface area contributed by atoms with E-state index in [-0.39, 0.29) is 5.96 Å². The summed E-state index contributed by atoms with van der Waals surface area (Å²) in [6.07, 6.45) is 5.32. The summed E-state index contributed by atoms with van der Waals surface area (Å²) in [4.78, 5) is 15.9. The molecule has 2 aromatic rings. The van der Waals surface area contributed by atoms with Crippen molar-refractivity contribution in [3.05, 3.63) is 48.5 Å². The second-order valence-electron chi connectivity index (χ2n) is 8.83. The number of nitrogens with zero attached hydrogens (tertiary/aromatic N) is 5. The summed E-state index contributed by atoms with van der Waals surface area (Å²) in [5.74, 6) is 1.01. The molecule has 0 amide bonds. The van der Waals surface area contributed by atoms with Gasteiger partial charge in [0.15, 0.2) is 0 Å². The molecule has 2 fully saturated rings. The Kier molecular flexibility index (Phi) is 5.28. The number of phenols is 1. The molecule has 5 rings (SSSR count). The molecule has 3 aliphatic rings. The number of guanidine groups is 2. The van der Waals surface area contributed by atoms with Crippen molar-refractivity contribution in [2.24, 2.45) is 21.5 Å². The number of piperazine rings is 1. The lowest BCUT2D eigenvalue weighted by Gasteiger charge is -2.45. The molecular formula is C24H31N7O.